The van der Waals surface area contributed by atoms with Gasteiger partial charge in [0.25, 0.3) is 5.91 Å². The maximum atomic E-state index is 12.6. The van der Waals surface area contributed by atoms with Gasteiger partial charge in [-0.2, -0.15) is 0 Å². The maximum absolute atomic E-state index is 12.6. The molecule has 3 nitrogen and oxygen atoms in total. The standard InChI is InChI=1S/C19H16N2OS2/c1-14(12-15-8-4-2-5-9-15)13-17-18(22)21(19(23)24-17)20-16-10-6-3-7-11-16/h2-13,20H,1H3/b14-12-,17-13-. The highest BCUT2D eigenvalue weighted by Gasteiger charge is 2.32. The summed E-state index contributed by atoms with van der Waals surface area (Å²) in [6.45, 7) is 1.98. The first-order valence-electron chi connectivity index (χ1n) is 7.46. The maximum Gasteiger partial charge on any atom is 0.285 e. The molecule has 2 aromatic carbocycles. The van der Waals surface area contributed by atoms with Crippen LogP contribution in [0.25, 0.3) is 6.08 Å². The Kier molecular flexibility index (Phi) is 5.13. The zero-order valence-corrected chi connectivity index (χ0v) is 14.7. The third-order valence-corrected chi connectivity index (χ3v) is 4.66. The van der Waals surface area contributed by atoms with Gasteiger partial charge in [-0.15, -0.1) is 0 Å². The molecule has 0 aliphatic carbocycles. The first kappa shape index (κ1) is 16.5. The van der Waals surface area contributed by atoms with Gasteiger partial charge in [0.2, 0.25) is 0 Å². The molecule has 3 rings (SSSR count). The fraction of sp³-hybridized carbons (Fsp3) is 0.0526. The Bertz CT molecular complexity index is 814. The average molecular weight is 352 g/mol. The topological polar surface area (TPSA) is 32.3 Å². The number of amides is 1. The molecule has 1 aliphatic heterocycles. The second kappa shape index (κ2) is 7.47. The number of nitrogens with one attached hydrogen (secondary N) is 1. The van der Waals surface area contributed by atoms with Crippen LogP contribution in [0, 0.1) is 0 Å². The molecule has 0 saturated carbocycles. The van der Waals surface area contributed by atoms with Gasteiger partial charge in [0.1, 0.15) is 0 Å². The van der Waals surface area contributed by atoms with Gasteiger partial charge in [0, 0.05) is 0 Å². The number of anilines is 1. The van der Waals surface area contributed by atoms with Crippen molar-refractivity contribution < 1.29 is 4.79 Å². The van der Waals surface area contributed by atoms with Crippen LogP contribution in [0.5, 0.6) is 0 Å². The van der Waals surface area contributed by atoms with Crippen molar-refractivity contribution in [2.24, 2.45) is 0 Å². The Labute approximate surface area is 151 Å². The molecule has 0 radical (unpaired) electrons. The van der Waals surface area contributed by atoms with Gasteiger partial charge < -0.3 is 0 Å². The van der Waals surface area contributed by atoms with Gasteiger partial charge in [-0.3, -0.25) is 10.2 Å². The number of benzene rings is 2. The summed E-state index contributed by atoms with van der Waals surface area (Å²) in [5, 5.41) is 1.41. The Morgan fingerprint density at radius 3 is 2.38 bits per heavy atom. The van der Waals surface area contributed by atoms with Gasteiger partial charge in [-0.25, -0.2) is 5.01 Å². The molecule has 0 atom stereocenters. The molecule has 1 amide bonds. The molecule has 0 bridgehead atoms. The lowest BCUT2D eigenvalue weighted by Gasteiger charge is -2.16. The quantitative estimate of drug-likeness (QED) is 0.629. The summed E-state index contributed by atoms with van der Waals surface area (Å²) in [5.74, 6) is -0.130. The van der Waals surface area contributed by atoms with Crippen LogP contribution in [-0.2, 0) is 4.79 Å². The molecule has 0 spiro atoms. The van der Waals surface area contributed by atoms with Crippen LogP contribution in [-0.4, -0.2) is 15.2 Å². The van der Waals surface area contributed by atoms with E-state index in [4.69, 9.17) is 12.2 Å². The van der Waals surface area contributed by atoms with Crippen molar-refractivity contribution in [1.82, 2.24) is 5.01 Å². The number of allylic oxidation sites excluding steroid dienone is 2. The van der Waals surface area contributed by atoms with Crippen molar-refractivity contribution in [1.29, 1.82) is 0 Å². The molecule has 1 aliphatic rings. The van der Waals surface area contributed by atoms with Gasteiger partial charge in [-0.1, -0.05) is 66.4 Å². The third-order valence-electron chi connectivity index (χ3n) is 3.36. The summed E-state index contributed by atoms with van der Waals surface area (Å²) >= 11 is 6.63. The Morgan fingerprint density at radius 2 is 1.71 bits per heavy atom. The highest BCUT2D eigenvalue weighted by atomic mass is 32.2. The van der Waals surface area contributed by atoms with Gasteiger partial charge >= 0.3 is 0 Å². The number of hydrazine groups is 1. The molecule has 24 heavy (non-hydrogen) atoms. The minimum absolute atomic E-state index is 0.130. The number of nitrogens with zero attached hydrogens (tertiary/aromatic N) is 1. The second-order valence-electron chi connectivity index (χ2n) is 5.29. The summed E-state index contributed by atoms with van der Waals surface area (Å²) in [6, 6.07) is 19.5. The number of rotatable bonds is 4. The average Bonchev–Trinajstić information content (AvgIpc) is 2.84. The number of thiocarbonyl (C=S) groups is 1. The van der Waals surface area contributed by atoms with E-state index in [1.54, 1.807) is 0 Å². The molecule has 1 fully saturated rings. The molecule has 0 aromatic heterocycles. The summed E-state index contributed by atoms with van der Waals surface area (Å²) < 4.78 is 0.502. The van der Waals surface area contributed by atoms with E-state index in [2.05, 4.69) is 5.43 Å². The highest BCUT2D eigenvalue weighted by molar-refractivity contribution is 8.26. The molecular formula is C19H16N2OS2. The zero-order chi connectivity index (χ0) is 16.9. The van der Waals surface area contributed by atoms with E-state index in [1.807, 2.05) is 79.7 Å². The monoisotopic (exact) mass is 352 g/mol. The van der Waals surface area contributed by atoms with Crippen molar-refractivity contribution in [2.45, 2.75) is 6.92 Å². The molecule has 1 N–H and O–H groups in total. The lowest BCUT2D eigenvalue weighted by molar-refractivity contribution is -0.121. The van der Waals surface area contributed by atoms with E-state index >= 15 is 0 Å². The first-order chi connectivity index (χ1) is 11.6. The zero-order valence-electron chi connectivity index (χ0n) is 13.1. The van der Waals surface area contributed by atoms with Gasteiger partial charge in [0.15, 0.2) is 4.32 Å². The van der Waals surface area contributed by atoms with E-state index in [-0.39, 0.29) is 5.91 Å². The molecular weight excluding hydrogens is 336 g/mol. The van der Waals surface area contributed by atoms with Crippen LogP contribution in [0.4, 0.5) is 5.69 Å². The third kappa shape index (κ3) is 3.93. The van der Waals surface area contributed by atoms with Crippen molar-refractivity contribution in [3.63, 3.8) is 0 Å². The van der Waals surface area contributed by atoms with E-state index < -0.39 is 0 Å². The van der Waals surface area contributed by atoms with E-state index in [0.717, 1.165) is 16.8 Å². The Balaban J connectivity index is 1.77. The predicted octanol–water partition coefficient (Wildman–Crippen LogP) is 4.86. The number of thioether (sulfide) groups is 1. The van der Waals surface area contributed by atoms with Crippen LogP contribution >= 0.6 is 24.0 Å². The number of carbonyl (C=O) groups excluding carboxylic acids is 1. The van der Waals surface area contributed by atoms with Gasteiger partial charge in [0.05, 0.1) is 10.6 Å². The fourth-order valence-electron chi connectivity index (χ4n) is 2.27. The summed E-state index contributed by atoms with van der Waals surface area (Å²) in [7, 11) is 0. The van der Waals surface area contributed by atoms with E-state index in [9.17, 15) is 4.79 Å². The van der Waals surface area contributed by atoms with Crippen LogP contribution in [0.2, 0.25) is 0 Å². The fourth-order valence-corrected chi connectivity index (χ4v) is 3.50. The lowest BCUT2D eigenvalue weighted by atomic mass is 10.1. The number of carbonyl (C=O) groups is 1. The lowest BCUT2D eigenvalue weighted by Crippen LogP contribution is -2.33. The highest BCUT2D eigenvalue weighted by Crippen LogP contribution is 2.32. The Hall–Kier alpha value is -2.37. The minimum atomic E-state index is -0.130. The molecule has 2 aromatic rings. The van der Waals surface area contributed by atoms with Crippen LogP contribution in [0.15, 0.2) is 77.2 Å². The smallest absolute Gasteiger partial charge is 0.285 e. The SMILES string of the molecule is CC(=C/c1ccccc1)/C=C1\SC(=S)N(Nc2ccccc2)C1=O. The molecule has 5 heteroatoms. The first-order valence-corrected chi connectivity index (χ1v) is 8.69. The molecule has 1 saturated heterocycles. The minimum Gasteiger partial charge on any atom is -0.290 e. The van der Waals surface area contributed by atoms with Crippen LogP contribution < -0.4 is 5.43 Å². The molecule has 120 valence electrons. The van der Waals surface area contributed by atoms with Gasteiger partial charge in [-0.05, 0) is 48.5 Å². The summed E-state index contributed by atoms with van der Waals surface area (Å²) in [4.78, 5) is 13.2. The van der Waals surface area contributed by atoms with Crippen molar-refractivity contribution in [2.75, 3.05) is 5.43 Å². The predicted molar refractivity (Wildman–Crippen MR) is 105 cm³/mol. The van der Waals surface area contributed by atoms with E-state index in [0.29, 0.717) is 9.23 Å². The van der Waals surface area contributed by atoms with Crippen LogP contribution in [0.1, 0.15) is 12.5 Å². The Morgan fingerprint density at radius 1 is 1.08 bits per heavy atom. The summed E-state index contributed by atoms with van der Waals surface area (Å²) in [6.07, 6.45) is 3.91. The molecule has 1 heterocycles. The van der Waals surface area contributed by atoms with Crippen molar-refractivity contribution >= 4 is 46.0 Å². The summed E-state index contributed by atoms with van der Waals surface area (Å²) in [5.41, 5.74) is 5.98. The number of para-hydroxylation sites is 1. The normalized spacial score (nSPS) is 16.8. The largest absolute Gasteiger partial charge is 0.290 e. The molecule has 0 unspecified atom stereocenters. The van der Waals surface area contributed by atoms with Crippen molar-refractivity contribution in [3.8, 4) is 0 Å². The number of hydrogen-bond acceptors (Lipinski definition) is 4. The second-order valence-corrected chi connectivity index (χ2v) is 6.97. The van der Waals surface area contributed by atoms with Crippen LogP contribution in [0.3, 0.4) is 0 Å². The van der Waals surface area contributed by atoms with E-state index in [1.165, 1.54) is 16.8 Å². The van der Waals surface area contributed by atoms with Crippen molar-refractivity contribution in [3.05, 3.63) is 82.8 Å². The number of hydrogen-bond donors (Lipinski definition) is 1.